The van der Waals surface area contributed by atoms with Crippen LogP contribution in [0.1, 0.15) is 6.42 Å². The summed E-state index contributed by atoms with van der Waals surface area (Å²) in [6.45, 7) is 0.725. The van der Waals surface area contributed by atoms with E-state index in [0.29, 0.717) is 12.6 Å². The number of hydrogen-bond acceptors (Lipinski definition) is 4. The second-order valence-electron chi connectivity index (χ2n) is 3.25. The van der Waals surface area contributed by atoms with Crippen LogP contribution in [0.3, 0.4) is 0 Å². The van der Waals surface area contributed by atoms with Gasteiger partial charge in [0.15, 0.2) is 0 Å². The highest BCUT2D eigenvalue weighted by molar-refractivity contribution is 7.99. The zero-order valence-electron chi connectivity index (χ0n) is 7.57. The second kappa shape index (κ2) is 5.07. The Morgan fingerprint density at radius 1 is 1.75 bits per heavy atom. The molecule has 0 aromatic rings. The van der Waals surface area contributed by atoms with Crippen molar-refractivity contribution in [3.8, 4) is 0 Å². The predicted molar refractivity (Wildman–Crippen MR) is 53.4 cm³/mol. The van der Waals surface area contributed by atoms with Gasteiger partial charge in [0.25, 0.3) is 0 Å². The molecule has 0 amide bonds. The first-order chi connectivity index (χ1) is 5.79. The maximum atomic E-state index is 9.03. The van der Waals surface area contributed by atoms with Gasteiger partial charge in [0.1, 0.15) is 0 Å². The molecule has 1 aliphatic heterocycles. The maximum absolute atomic E-state index is 9.03. The first kappa shape index (κ1) is 10.3. The van der Waals surface area contributed by atoms with Crippen molar-refractivity contribution >= 4 is 11.8 Å². The van der Waals surface area contributed by atoms with Gasteiger partial charge in [-0.2, -0.15) is 11.8 Å². The number of likely N-dealkylation sites (N-methyl/N-ethyl adjacent to an activating group) is 1. The Bertz CT molecular complexity index is 122. The number of nitrogens with zero attached hydrogens (tertiary/aromatic N) is 1. The summed E-state index contributed by atoms with van der Waals surface area (Å²) in [6, 6.07) is 0.768. The predicted octanol–water partition coefficient (Wildman–Crippen LogP) is -0.257. The Kier molecular flexibility index (Phi) is 4.35. The van der Waals surface area contributed by atoms with E-state index in [1.165, 1.54) is 17.9 Å². The quantitative estimate of drug-likeness (QED) is 0.641. The Morgan fingerprint density at radius 3 is 2.92 bits per heavy atom. The molecule has 1 fully saturated rings. The largest absolute Gasteiger partial charge is 0.395 e. The molecule has 0 aromatic heterocycles. The van der Waals surface area contributed by atoms with Crippen molar-refractivity contribution in [1.29, 1.82) is 0 Å². The lowest BCUT2D eigenvalue weighted by atomic mass is 10.2. The van der Waals surface area contributed by atoms with Crippen LogP contribution in [0.4, 0.5) is 0 Å². The molecule has 72 valence electrons. The molecule has 0 bridgehead atoms. The molecule has 2 atom stereocenters. The molecule has 1 heterocycles. The Morgan fingerprint density at radius 2 is 2.50 bits per heavy atom. The second-order valence-corrected chi connectivity index (χ2v) is 4.40. The summed E-state index contributed by atoms with van der Waals surface area (Å²) in [5.41, 5.74) is 5.54. The number of thioether (sulfide) groups is 1. The Hall–Kier alpha value is 0.230. The molecule has 0 radical (unpaired) electrons. The molecular formula is C8H18N2OS. The summed E-state index contributed by atoms with van der Waals surface area (Å²) >= 11 is 1.98. The van der Waals surface area contributed by atoms with Gasteiger partial charge in [0.2, 0.25) is 0 Å². The van der Waals surface area contributed by atoms with E-state index in [-0.39, 0.29) is 12.6 Å². The summed E-state index contributed by atoms with van der Waals surface area (Å²) in [5.74, 6) is 2.44. The number of aliphatic hydroxyl groups excluding tert-OH is 1. The van der Waals surface area contributed by atoms with Gasteiger partial charge >= 0.3 is 0 Å². The maximum Gasteiger partial charge on any atom is 0.0599 e. The average Bonchev–Trinajstić information content (AvgIpc) is 2.58. The molecule has 0 aromatic carbocycles. The van der Waals surface area contributed by atoms with Gasteiger partial charge in [0.05, 0.1) is 6.61 Å². The van der Waals surface area contributed by atoms with E-state index in [2.05, 4.69) is 11.9 Å². The molecule has 3 nitrogen and oxygen atoms in total. The highest BCUT2D eigenvalue weighted by Gasteiger charge is 2.24. The molecule has 1 aliphatic rings. The summed E-state index contributed by atoms with van der Waals surface area (Å²) in [5, 5.41) is 9.03. The van der Waals surface area contributed by atoms with Crippen LogP contribution in [0.25, 0.3) is 0 Å². The minimum absolute atomic E-state index is 0.147. The van der Waals surface area contributed by atoms with Gasteiger partial charge in [-0.1, -0.05) is 0 Å². The van der Waals surface area contributed by atoms with E-state index >= 15 is 0 Å². The van der Waals surface area contributed by atoms with Gasteiger partial charge in [-0.15, -0.1) is 0 Å². The fraction of sp³-hybridized carbons (Fsp3) is 1.00. The molecule has 2 unspecified atom stereocenters. The molecule has 0 aliphatic carbocycles. The van der Waals surface area contributed by atoms with Crippen molar-refractivity contribution in [2.45, 2.75) is 18.5 Å². The van der Waals surface area contributed by atoms with Crippen LogP contribution in [-0.2, 0) is 0 Å². The Balaban J connectivity index is 2.37. The van der Waals surface area contributed by atoms with E-state index < -0.39 is 0 Å². The van der Waals surface area contributed by atoms with E-state index in [4.69, 9.17) is 10.8 Å². The van der Waals surface area contributed by atoms with Crippen molar-refractivity contribution in [3.05, 3.63) is 0 Å². The fourth-order valence-electron chi connectivity index (χ4n) is 1.51. The summed E-state index contributed by atoms with van der Waals surface area (Å²) in [6.07, 6.45) is 1.23. The van der Waals surface area contributed by atoms with Crippen LogP contribution in [0.5, 0.6) is 0 Å². The lowest BCUT2D eigenvalue weighted by Crippen LogP contribution is -2.46. The summed E-state index contributed by atoms with van der Waals surface area (Å²) < 4.78 is 0. The first-order valence-corrected chi connectivity index (χ1v) is 5.55. The third kappa shape index (κ3) is 2.36. The first-order valence-electron chi connectivity index (χ1n) is 4.40. The zero-order chi connectivity index (χ0) is 8.97. The molecular weight excluding hydrogens is 172 g/mol. The van der Waals surface area contributed by atoms with Crippen LogP contribution < -0.4 is 5.73 Å². The monoisotopic (exact) mass is 190 g/mol. The molecule has 1 rings (SSSR count). The average molecular weight is 190 g/mol. The third-order valence-corrected chi connectivity index (χ3v) is 3.69. The standard InChI is InChI=1S/C8H18N2OS/c1-10(8(4-9)5-11)7-2-3-12-6-7/h7-8,11H,2-6,9H2,1H3. The van der Waals surface area contributed by atoms with Gasteiger partial charge in [-0.3, -0.25) is 4.90 Å². The Labute approximate surface area is 78.3 Å². The highest BCUT2D eigenvalue weighted by Crippen LogP contribution is 2.22. The van der Waals surface area contributed by atoms with E-state index in [1.54, 1.807) is 0 Å². The number of aliphatic hydroxyl groups is 1. The lowest BCUT2D eigenvalue weighted by Gasteiger charge is -2.30. The van der Waals surface area contributed by atoms with Crippen molar-refractivity contribution in [2.75, 3.05) is 31.7 Å². The van der Waals surface area contributed by atoms with E-state index in [0.717, 1.165) is 0 Å². The third-order valence-electron chi connectivity index (χ3n) is 2.54. The number of hydrogen-bond donors (Lipinski definition) is 2. The van der Waals surface area contributed by atoms with E-state index in [1.807, 2.05) is 11.8 Å². The molecule has 1 saturated heterocycles. The molecule has 12 heavy (non-hydrogen) atoms. The molecule has 3 N–H and O–H groups in total. The minimum Gasteiger partial charge on any atom is -0.395 e. The van der Waals surface area contributed by atoms with Crippen molar-refractivity contribution in [3.63, 3.8) is 0 Å². The summed E-state index contributed by atoms with van der Waals surface area (Å²) in [4.78, 5) is 2.22. The molecule has 4 heteroatoms. The van der Waals surface area contributed by atoms with Crippen molar-refractivity contribution in [1.82, 2.24) is 4.90 Å². The van der Waals surface area contributed by atoms with Gasteiger partial charge < -0.3 is 10.8 Å². The summed E-state index contributed by atoms with van der Waals surface area (Å²) in [7, 11) is 2.06. The van der Waals surface area contributed by atoms with Gasteiger partial charge in [-0.05, 0) is 19.2 Å². The lowest BCUT2D eigenvalue weighted by molar-refractivity contribution is 0.122. The molecule has 0 spiro atoms. The number of rotatable bonds is 4. The van der Waals surface area contributed by atoms with Gasteiger partial charge in [0, 0.05) is 24.4 Å². The van der Waals surface area contributed by atoms with Crippen LogP contribution in [0, 0.1) is 0 Å². The van der Waals surface area contributed by atoms with E-state index in [9.17, 15) is 0 Å². The van der Waals surface area contributed by atoms with Gasteiger partial charge in [-0.25, -0.2) is 0 Å². The normalized spacial score (nSPS) is 26.5. The van der Waals surface area contributed by atoms with Crippen molar-refractivity contribution < 1.29 is 5.11 Å². The fourth-order valence-corrected chi connectivity index (χ4v) is 2.79. The topological polar surface area (TPSA) is 49.5 Å². The van der Waals surface area contributed by atoms with Crippen LogP contribution in [0.15, 0.2) is 0 Å². The van der Waals surface area contributed by atoms with Crippen LogP contribution >= 0.6 is 11.8 Å². The van der Waals surface area contributed by atoms with Crippen molar-refractivity contribution in [2.24, 2.45) is 5.73 Å². The van der Waals surface area contributed by atoms with Crippen LogP contribution in [-0.4, -0.2) is 53.8 Å². The highest BCUT2D eigenvalue weighted by atomic mass is 32.2. The molecule has 0 saturated carbocycles. The zero-order valence-corrected chi connectivity index (χ0v) is 8.39. The SMILES string of the molecule is CN(C(CN)CO)C1CCSC1. The van der Waals surface area contributed by atoms with Crippen LogP contribution in [0.2, 0.25) is 0 Å². The smallest absolute Gasteiger partial charge is 0.0599 e. The minimum atomic E-state index is 0.147. The number of nitrogens with two attached hydrogens (primary N) is 1.